The SMILES string of the molecule is Cn1c(SCC(=O)NC(N)=O)nnc1-c1cc2c(s1)CC[C@@H](C(C)(C)C)C2. The lowest BCUT2D eigenvalue weighted by molar-refractivity contribution is -0.117. The highest BCUT2D eigenvalue weighted by Crippen LogP contribution is 2.42. The number of thiophene rings is 1. The van der Waals surface area contributed by atoms with E-state index in [9.17, 15) is 9.59 Å². The summed E-state index contributed by atoms with van der Waals surface area (Å²) in [5, 5.41) is 11.2. The molecule has 0 saturated heterocycles. The normalized spacial score (nSPS) is 16.8. The molecule has 0 bridgehead atoms. The topological polar surface area (TPSA) is 103 Å². The van der Waals surface area contributed by atoms with Crippen molar-refractivity contribution < 1.29 is 9.59 Å². The molecule has 1 aliphatic carbocycles. The van der Waals surface area contributed by atoms with E-state index < -0.39 is 11.9 Å². The Morgan fingerprint density at radius 1 is 1.41 bits per heavy atom. The monoisotopic (exact) mass is 407 g/mol. The first-order valence-corrected chi connectivity index (χ1v) is 10.7. The van der Waals surface area contributed by atoms with E-state index in [1.165, 1.54) is 28.6 Å². The number of imide groups is 1. The predicted molar refractivity (Wildman–Crippen MR) is 108 cm³/mol. The lowest BCUT2D eigenvalue weighted by Crippen LogP contribution is -2.36. The number of carbonyl (C=O) groups excluding carboxylic acids is 2. The fourth-order valence-electron chi connectivity index (χ4n) is 3.33. The second kappa shape index (κ2) is 7.63. The summed E-state index contributed by atoms with van der Waals surface area (Å²) in [4.78, 5) is 24.8. The third-order valence-electron chi connectivity index (χ3n) is 4.96. The quantitative estimate of drug-likeness (QED) is 0.759. The number of carbonyl (C=O) groups is 2. The minimum absolute atomic E-state index is 0.0586. The summed E-state index contributed by atoms with van der Waals surface area (Å²) >= 11 is 3.01. The van der Waals surface area contributed by atoms with Crippen molar-refractivity contribution in [1.82, 2.24) is 20.1 Å². The van der Waals surface area contributed by atoms with Crippen LogP contribution >= 0.6 is 23.1 Å². The Hall–Kier alpha value is -1.87. The number of hydrogen-bond acceptors (Lipinski definition) is 6. The summed E-state index contributed by atoms with van der Waals surface area (Å²) in [7, 11) is 1.89. The first kappa shape index (κ1) is 19.9. The standard InChI is InChI=1S/C18H25N5O2S2/c1-18(2,3)11-5-6-12-10(7-11)8-13(27-12)15-21-22-17(23(15)4)26-9-14(24)20-16(19)25/h8,11H,5-7,9H2,1-4H3,(H3,19,20,24,25)/t11-/m1/s1. The number of rotatable bonds is 4. The molecule has 3 N–H and O–H groups in total. The van der Waals surface area contributed by atoms with Gasteiger partial charge in [0.1, 0.15) is 0 Å². The van der Waals surface area contributed by atoms with Gasteiger partial charge in [0.25, 0.3) is 0 Å². The average molecular weight is 408 g/mol. The van der Waals surface area contributed by atoms with Crippen LogP contribution < -0.4 is 11.1 Å². The smallest absolute Gasteiger partial charge is 0.318 e. The van der Waals surface area contributed by atoms with Crippen molar-refractivity contribution in [2.45, 2.75) is 45.2 Å². The zero-order chi connectivity index (χ0) is 19.8. The zero-order valence-corrected chi connectivity index (χ0v) is 17.7. The molecule has 146 valence electrons. The van der Waals surface area contributed by atoms with Crippen molar-refractivity contribution in [3.8, 4) is 10.7 Å². The second-order valence-corrected chi connectivity index (χ2v) is 10.0. The summed E-state index contributed by atoms with van der Waals surface area (Å²) in [6, 6.07) is 1.40. The Kier molecular flexibility index (Phi) is 5.62. The molecular formula is C18H25N5O2S2. The average Bonchev–Trinajstić information content (AvgIpc) is 3.13. The molecule has 0 aliphatic heterocycles. The van der Waals surface area contributed by atoms with Crippen molar-refractivity contribution >= 4 is 35.0 Å². The largest absolute Gasteiger partial charge is 0.351 e. The van der Waals surface area contributed by atoms with Crippen molar-refractivity contribution in [2.75, 3.05) is 5.75 Å². The lowest BCUT2D eigenvalue weighted by Gasteiger charge is -2.33. The van der Waals surface area contributed by atoms with E-state index in [1.807, 2.05) is 16.9 Å². The van der Waals surface area contributed by atoms with Gasteiger partial charge in [-0.05, 0) is 42.2 Å². The lowest BCUT2D eigenvalue weighted by atomic mass is 9.72. The fourth-order valence-corrected chi connectivity index (χ4v) is 5.27. The number of aryl methyl sites for hydroxylation is 1. The van der Waals surface area contributed by atoms with Gasteiger partial charge in [-0.15, -0.1) is 21.5 Å². The van der Waals surface area contributed by atoms with Crippen LogP contribution in [0, 0.1) is 11.3 Å². The summed E-state index contributed by atoms with van der Waals surface area (Å²) in [6.45, 7) is 6.95. The number of nitrogens with zero attached hydrogens (tertiary/aromatic N) is 3. The van der Waals surface area contributed by atoms with Crippen LogP contribution in [0.5, 0.6) is 0 Å². The number of fused-ring (bicyclic) bond motifs is 1. The summed E-state index contributed by atoms with van der Waals surface area (Å²) in [5.74, 6) is 1.11. The first-order valence-electron chi connectivity index (χ1n) is 8.88. The van der Waals surface area contributed by atoms with Crippen molar-refractivity contribution in [3.63, 3.8) is 0 Å². The molecule has 2 aromatic rings. The van der Waals surface area contributed by atoms with Gasteiger partial charge in [-0.2, -0.15) is 0 Å². The van der Waals surface area contributed by atoms with E-state index in [-0.39, 0.29) is 5.75 Å². The molecule has 27 heavy (non-hydrogen) atoms. The van der Waals surface area contributed by atoms with Gasteiger partial charge < -0.3 is 10.3 Å². The van der Waals surface area contributed by atoms with Gasteiger partial charge in [-0.1, -0.05) is 32.5 Å². The van der Waals surface area contributed by atoms with Gasteiger partial charge in [-0.25, -0.2) is 4.79 Å². The molecule has 7 nitrogen and oxygen atoms in total. The number of hydrogen-bond donors (Lipinski definition) is 2. The Bertz CT molecular complexity index is 866. The second-order valence-electron chi connectivity index (χ2n) is 7.93. The molecule has 2 aromatic heterocycles. The number of thioether (sulfide) groups is 1. The van der Waals surface area contributed by atoms with Gasteiger partial charge in [0.05, 0.1) is 10.6 Å². The number of urea groups is 1. The molecule has 0 saturated carbocycles. The maximum absolute atomic E-state index is 11.6. The molecule has 2 heterocycles. The molecule has 0 fully saturated rings. The van der Waals surface area contributed by atoms with Crippen molar-refractivity contribution in [2.24, 2.45) is 24.1 Å². The number of primary amides is 1. The van der Waals surface area contributed by atoms with Crippen LogP contribution in [0.4, 0.5) is 4.79 Å². The maximum atomic E-state index is 11.6. The summed E-state index contributed by atoms with van der Waals surface area (Å²) in [5.41, 5.74) is 6.69. The van der Waals surface area contributed by atoms with Crippen molar-refractivity contribution in [1.29, 1.82) is 0 Å². The summed E-state index contributed by atoms with van der Waals surface area (Å²) < 4.78 is 1.89. The number of nitrogens with one attached hydrogen (secondary N) is 1. The minimum Gasteiger partial charge on any atom is -0.351 e. The van der Waals surface area contributed by atoms with E-state index in [0.29, 0.717) is 16.5 Å². The van der Waals surface area contributed by atoms with E-state index in [2.05, 4.69) is 37.0 Å². The molecule has 9 heteroatoms. The maximum Gasteiger partial charge on any atom is 0.318 e. The minimum atomic E-state index is -0.850. The van der Waals surface area contributed by atoms with Gasteiger partial charge in [-0.3, -0.25) is 10.1 Å². The Balaban J connectivity index is 1.73. The predicted octanol–water partition coefficient (Wildman–Crippen LogP) is 2.98. The van der Waals surface area contributed by atoms with E-state index >= 15 is 0 Å². The zero-order valence-electron chi connectivity index (χ0n) is 16.0. The molecule has 1 atom stereocenters. The Morgan fingerprint density at radius 3 is 2.81 bits per heavy atom. The Labute approximate surface area is 167 Å². The molecule has 0 spiro atoms. The van der Waals surface area contributed by atoms with Gasteiger partial charge in [0.15, 0.2) is 11.0 Å². The van der Waals surface area contributed by atoms with Crippen LogP contribution in [0.3, 0.4) is 0 Å². The third kappa shape index (κ3) is 4.52. The number of nitrogens with two attached hydrogens (primary N) is 1. The molecule has 0 radical (unpaired) electrons. The van der Waals surface area contributed by atoms with Crippen LogP contribution in [-0.2, 0) is 24.7 Å². The van der Waals surface area contributed by atoms with Crippen LogP contribution in [0.1, 0.15) is 37.6 Å². The van der Waals surface area contributed by atoms with Crippen molar-refractivity contribution in [3.05, 3.63) is 16.5 Å². The number of amides is 3. The highest BCUT2D eigenvalue weighted by molar-refractivity contribution is 7.99. The highest BCUT2D eigenvalue weighted by Gasteiger charge is 2.30. The van der Waals surface area contributed by atoms with E-state index in [4.69, 9.17) is 5.73 Å². The van der Waals surface area contributed by atoms with Gasteiger partial charge in [0, 0.05) is 11.9 Å². The molecule has 0 unspecified atom stereocenters. The fraction of sp³-hybridized carbons (Fsp3) is 0.556. The third-order valence-corrected chi connectivity index (χ3v) is 7.21. The Morgan fingerprint density at radius 2 is 2.15 bits per heavy atom. The molecule has 3 rings (SSSR count). The van der Waals surface area contributed by atoms with E-state index in [1.54, 1.807) is 11.3 Å². The van der Waals surface area contributed by atoms with Crippen LogP contribution in [-0.4, -0.2) is 32.5 Å². The number of aromatic nitrogens is 3. The highest BCUT2D eigenvalue weighted by atomic mass is 32.2. The van der Waals surface area contributed by atoms with Gasteiger partial charge >= 0.3 is 6.03 Å². The van der Waals surface area contributed by atoms with Crippen LogP contribution in [0.15, 0.2) is 11.2 Å². The first-order chi connectivity index (χ1) is 12.6. The van der Waals surface area contributed by atoms with E-state index in [0.717, 1.165) is 23.5 Å². The molecule has 3 amide bonds. The molecule has 1 aliphatic rings. The molecule has 0 aromatic carbocycles. The summed E-state index contributed by atoms with van der Waals surface area (Å²) in [6.07, 6.45) is 3.46. The van der Waals surface area contributed by atoms with Crippen LogP contribution in [0.2, 0.25) is 0 Å². The molecular weight excluding hydrogens is 382 g/mol. The van der Waals surface area contributed by atoms with Gasteiger partial charge in [0.2, 0.25) is 5.91 Å². The van der Waals surface area contributed by atoms with Crippen LogP contribution in [0.25, 0.3) is 10.7 Å².